The van der Waals surface area contributed by atoms with E-state index in [0.29, 0.717) is 18.2 Å². The van der Waals surface area contributed by atoms with Gasteiger partial charge in [-0.05, 0) is 25.2 Å². The normalized spacial score (nSPS) is 25.4. The highest BCUT2D eigenvalue weighted by Gasteiger charge is 2.31. The zero-order valence-electron chi connectivity index (χ0n) is 13.1. The van der Waals surface area contributed by atoms with Gasteiger partial charge in [0, 0.05) is 26.2 Å². The first-order valence-corrected chi connectivity index (χ1v) is 9.65. The second-order valence-corrected chi connectivity index (χ2v) is 8.68. The maximum absolute atomic E-state index is 11.6. The van der Waals surface area contributed by atoms with E-state index in [9.17, 15) is 8.42 Å². The molecule has 0 amide bonds. The molecular formula is C14H23N5O2S. The summed E-state index contributed by atoms with van der Waals surface area (Å²) in [6, 6.07) is -0.0177. The molecule has 7 nitrogen and oxygen atoms in total. The summed E-state index contributed by atoms with van der Waals surface area (Å²) in [5.74, 6) is 2.56. The summed E-state index contributed by atoms with van der Waals surface area (Å²) >= 11 is 0. The van der Waals surface area contributed by atoms with Crippen molar-refractivity contribution in [2.24, 2.45) is 5.92 Å². The minimum Gasteiger partial charge on any atom is -0.354 e. The van der Waals surface area contributed by atoms with E-state index in [4.69, 9.17) is 0 Å². The third kappa shape index (κ3) is 3.31. The number of aromatic nitrogens is 3. The Morgan fingerprint density at radius 3 is 2.64 bits per heavy atom. The van der Waals surface area contributed by atoms with Gasteiger partial charge in [-0.25, -0.2) is 8.42 Å². The van der Waals surface area contributed by atoms with Crippen LogP contribution in [0.3, 0.4) is 0 Å². The molecule has 1 aromatic rings. The van der Waals surface area contributed by atoms with Crippen LogP contribution in [0.5, 0.6) is 0 Å². The lowest BCUT2D eigenvalue weighted by atomic mass is 10.00. The smallest absolute Gasteiger partial charge is 0.247 e. The lowest BCUT2D eigenvalue weighted by Gasteiger charge is -2.31. The summed E-state index contributed by atoms with van der Waals surface area (Å²) in [6.45, 7) is 4.17. The Morgan fingerprint density at radius 2 is 2.00 bits per heavy atom. The molecule has 2 saturated heterocycles. The van der Waals surface area contributed by atoms with Crippen LogP contribution in [0, 0.1) is 5.92 Å². The van der Waals surface area contributed by atoms with Crippen LogP contribution in [-0.2, 0) is 9.84 Å². The van der Waals surface area contributed by atoms with E-state index >= 15 is 0 Å². The molecule has 3 heterocycles. The Balaban J connectivity index is 1.73. The number of anilines is 2. The molecule has 0 spiro atoms. The van der Waals surface area contributed by atoms with Gasteiger partial charge in [-0.2, -0.15) is 10.1 Å². The van der Waals surface area contributed by atoms with Crippen molar-refractivity contribution in [1.29, 1.82) is 0 Å². The first-order valence-electron chi connectivity index (χ1n) is 7.82. The lowest BCUT2D eigenvalue weighted by Crippen LogP contribution is -2.36. The maximum atomic E-state index is 11.6. The van der Waals surface area contributed by atoms with Gasteiger partial charge in [0.05, 0.1) is 17.7 Å². The third-order valence-electron chi connectivity index (χ3n) is 4.72. The molecule has 0 aromatic carbocycles. The summed E-state index contributed by atoms with van der Waals surface area (Å²) in [5.41, 5.74) is 0. The van der Waals surface area contributed by atoms with Crippen molar-refractivity contribution in [3.8, 4) is 0 Å². The van der Waals surface area contributed by atoms with Crippen molar-refractivity contribution >= 4 is 21.6 Å². The van der Waals surface area contributed by atoms with Crippen molar-refractivity contribution in [3.05, 3.63) is 6.20 Å². The molecule has 0 bridgehead atoms. The van der Waals surface area contributed by atoms with Crippen LogP contribution in [0.15, 0.2) is 6.20 Å². The molecule has 122 valence electrons. The van der Waals surface area contributed by atoms with E-state index < -0.39 is 9.84 Å². The second-order valence-electron chi connectivity index (χ2n) is 6.45. The van der Waals surface area contributed by atoms with Crippen molar-refractivity contribution in [2.45, 2.75) is 32.2 Å². The molecule has 0 saturated carbocycles. The fourth-order valence-electron chi connectivity index (χ4n) is 3.07. The largest absolute Gasteiger partial charge is 0.354 e. The van der Waals surface area contributed by atoms with Crippen molar-refractivity contribution in [2.75, 3.05) is 41.4 Å². The highest BCUT2D eigenvalue weighted by Crippen LogP contribution is 2.24. The number of hydrogen-bond donors (Lipinski definition) is 0. The van der Waals surface area contributed by atoms with Crippen molar-refractivity contribution in [1.82, 2.24) is 15.2 Å². The van der Waals surface area contributed by atoms with Crippen molar-refractivity contribution in [3.63, 3.8) is 0 Å². The summed E-state index contributed by atoms with van der Waals surface area (Å²) in [5, 5.41) is 8.21. The molecule has 8 heteroatoms. The first-order chi connectivity index (χ1) is 10.4. The predicted molar refractivity (Wildman–Crippen MR) is 85.9 cm³/mol. The monoisotopic (exact) mass is 325 g/mol. The van der Waals surface area contributed by atoms with Gasteiger partial charge >= 0.3 is 0 Å². The molecule has 22 heavy (non-hydrogen) atoms. The van der Waals surface area contributed by atoms with Crippen LogP contribution in [0.4, 0.5) is 11.8 Å². The van der Waals surface area contributed by atoms with Gasteiger partial charge in [0.25, 0.3) is 0 Å². The third-order valence-corrected chi connectivity index (χ3v) is 6.47. The molecule has 1 aromatic heterocycles. The standard InChI is InChI=1S/C14H23N5O2S/c1-11-3-6-19(7-4-11)14-16-13(9-15-17-14)18(2)12-5-8-22(20,21)10-12/h9,11-12H,3-8,10H2,1-2H3. The number of sulfone groups is 1. The lowest BCUT2D eigenvalue weighted by molar-refractivity contribution is 0.433. The fraction of sp³-hybridized carbons (Fsp3) is 0.786. The minimum absolute atomic E-state index is 0.0177. The molecule has 0 radical (unpaired) electrons. The molecule has 1 unspecified atom stereocenters. The molecule has 0 aliphatic carbocycles. The summed E-state index contributed by atoms with van der Waals surface area (Å²) < 4.78 is 23.3. The highest BCUT2D eigenvalue weighted by atomic mass is 32.2. The molecule has 2 fully saturated rings. The highest BCUT2D eigenvalue weighted by molar-refractivity contribution is 7.91. The molecule has 0 N–H and O–H groups in total. The number of nitrogens with zero attached hydrogens (tertiary/aromatic N) is 5. The van der Waals surface area contributed by atoms with Crippen LogP contribution >= 0.6 is 0 Å². The van der Waals surface area contributed by atoms with Crippen LogP contribution in [-0.4, -0.2) is 61.3 Å². The average Bonchev–Trinajstić information content (AvgIpc) is 2.87. The summed E-state index contributed by atoms with van der Waals surface area (Å²) in [4.78, 5) is 8.69. The Kier molecular flexibility index (Phi) is 4.20. The van der Waals surface area contributed by atoms with Crippen LogP contribution in [0.25, 0.3) is 0 Å². The molecule has 2 aliphatic heterocycles. The Labute approximate surface area is 131 Å². The van der Waals surface area contributed by atoms with E-state index in [1.807, 2.05) is 11.9 Å². The first kappa shape index (κ1) is 15.5. The van der Waals surface area contributed by atoms with E-state index in [1.165, 1.54) is 0 Å². The van der Waals surface area contributed by atoms with Gasteiger partial charge in [-0.3, -0.25) is 0 Å². The van der Waals surface area contributed by atoms with E-state index in [-0.39, 0.29) is 17.5 Å². The molecule has 3 rings (SSSR count). The second kappa shape index (κ2) is 5.98. The number of hydrogen-bond acceptors (Lipinski definition) is 7. The summed E-state index contributed by atoms with van der Waals surface area (Å²) in [6.07, 6.45) is 4.55. The van der Waals surface area contributed by atoms with E-state index in [2.05, 4.69) is 27.0 Å². The zero-order chi connectivity index (χ0) is 15.7. The van der Waals surface area contributed by atoms with Gasteiger partial charge < -0.3 is 9.80 Å². The Hall–Kier alpha value is -1.44. The van der Waals surface area contributed by atoms with Crippen LogP contribution < -0.4 is 9.80 Å². The zero-order valence-corrected chi connectivity index (χ0v) is 14.0. The number of rotatable bonds is 3. The quantitative estimate of drug-likeness (QED) is 0.810. The Morgan fingerprint density at radius 1 is 1.27 bits per heavy atom. The molecule has 1 atom stereocenters. The SMILES string of the molecule is CC1CCN(c2nncc(N(C)C3CCS(=O)(=O)C3)n2)CC1. The maximum Gasteiger partial charge on any atom is 0.247 e. The average molecular weight is 325 g/mol. The van der Waals surface area contributed by atoms with Crippen LogP contribution in [0.2, 0.25) is 0 Å². The molecular weight excluding hydrogens is 302 g/mol. The Bertz CT molecular complexity index is 628. The minimum atomic E-state index is -2.90. The summed E-state index contributed by atoms with van der Waals surface area (Å²) in [7, 11) is -1.01. The van der Waals surface area contributed by atoms with Gasteiger partial charge in [0.1, 0.15) is 0 Å². The van der Waals surface area contributed by atoms with E-state index in [0.717, 1.165) is 31.8 Å². The van der Waals surface area contributed by atoms with Gasteiger partial charge in [-0.1, -0.05) is 6.92 Å². The predicted octanol–water partition coefficient (Wildman–Crippen LogP) is 0.731. The van der Waals surface area contributed by atoms with Gasteiger partial charge in [-0.15, -0.1) is 5.10 Å². The molecule has 2 aliphatic rings. The van der Waals surface area contributed by atoms with Gasteiger partial charge in [0.15, 0.2) is 15.7 Å². The topological polar surface area (TPSA) is 79.3 Å². The fourth-order valence-corrected chi connectivity index (χ4v) is 4.84. The van der Waals surface area contributed by atoms with Gasteiger partial charge in [0.2, 0.25) is 5.95 Å². The van der Waals surface area contributed by atoms with Crippen molar-refractivity contribution < 1.29 is 8.42 Å². The van der Waals surface area contributed by atoms with Crippen LogP contribution in [0.1, 0.15) is 26.2 Å². The number of piperidine rings is 1. The van der Waals surface area contributed by atoms with E-state index in [1.54, 1.807) is 6.20 Å².